The van der Waals surface area contributed by atoms with Crippen LogP contribution in [0.2, 0.25) is 0 Å². The summed E-state index contributed by atoms with van der Waals surface area (Å²) in [6.45, 7) is 2.06. The molecule has 22 heavy (non-hydrogen) atoms. The van der Waals surface area contributed by atoms with Crippen LogP contribution in [-0.4, -0.2) is 7.12 Å². The van der Waals surface area contributed by atoms with Gasteiger partial charge in [-0.05, 0) is 36.8 Å². The van der Waals surface area contributed by atoms with Crippen molar-refractivity contribution in [2.24, 2.45) is 0 Å². The van der Waals surface area contributed by atoms with E-state index in [0.29, 0.717) is 0 Å². The van der Waals surface area contributed by atoms with E-state index in [2.05, 4.69) is 13.0 Å². The van der Waals surface area contributed by atoms with Gasteiger partial charge >= 0.3 is 7.12 Å². The first-order valence-corrected chi connectivity index (χ1v) is 7.32. The van der Waals surface area contributed by atoms with E-state index in [9.17, 15) is 0 Å². The number of benzene rings is 3. The van der Waals surface area contributed by atoms with Crippen LogP contribution in [0.15, 0.2) is 84.9 Å². The van der Waals surface area contributed by atoms with Gasteiger partial charge in [0.05, 0.1) is 0 Å². The monoisotopic (exact) mass is 288 g/mol. The summed E-state index contributed by atoms with van der Waals surface area (Å²) in [5, 5.41) is 0. The van der Waals surface area contributed by atoms with E-state index in [1.807, 2.05) is 78.9 Å². The summed E-state index contributed by atoms with van der Waals surface area (Å²) < 4.78 is 12.1. The number of para-hydroxylation sites is 2. The highest BCUT2D eigenvalue weighted by atomic mass is 16.6. The number of hydrogen-bond donors (Lipinski definition) is 0. The molecule has 0 atom stereocenters. The fourth-order valence-electron chi connectivity index (χ4n) is 2.25. The Bertz CT molecular complexity index is 672. The van der Waals surface area contributed by atoms with Crippen molar-refractivity contribution in [2.75, 3.05) is 0 Å². The van der Waals surface area contributed by atoms with Crippen molar-refractivity contribution < 1.29 is 9.31 Å². The van der Waals surface area contributed by atoms with Gasteiger partial charge < -0.3 is 9.31 Å². The summed E-state index contributed by atoms with van der Waals surface area (Å²) >= 11 is 0. The zero-order chi connectivity index (χ0) is 15.2. The van der Waals surface area contributed by atoms with E-state index in [0.717, 1.165) is 22.5 Å². The van der Waals surface area contributed by atoms with Crippen LogP contribution in [-0.2, 0) is 0 Å². The molecule has 0 spiro atoms. The van der Waals surface area contributed by atoms with Gasteiger partial charge in [-0.25, -0.2) is 0 Å². The first kappa shape index (κ1) is 14.3. The second-order valence-corrected chi connectivity index (χ2v) is 5.05. The fourth-order valence-corrected chi connectivity index (χ4v) is 2.25. The van der Waals surface area contributed by atoms with Crippen LogP contribution in [0.4, 0.5) is 0 Å². The van der Waals surface area contributed by atoms with Crippen LogP contribution in [0.1, 0.15) is 5.56 Å². The predicted octanol–water partition coefficient (Wildman–Crippen LogP) is 3.85. The lowest BCUT2D eigenvalue weighted by Crippen LogP contribution is -2.44. The molecular formula is C19H17BO2. The largest absolute Gasteiger partial charge is 0.632 e. The van der Waals surface area contributed by atoms with E-state index in [1.165, 1.54) is 0 Å². The Labute approximate surface area is 131 Å². The molecule has 0 radical (unpaired) electrons. The van der Waals surface area contributed by atoms with Crippen LogP contribution in [0.25, 0.3) is 0 Å². The minimum absolute atomic E-state index is 0.481. The fraction of sp³-hybridized carbons (Fsp3) is 0.0526. The molecule has 0 N–H and O–H groups in total. The van der Waals surface area contributed by atoms with Crippen LogP contribution < -0.4 is 14.8 Å². The molecule has 0 bridgehead atoms. The van der Waals surface area contributed by atoms with Crippen molar-refractivity contribution in [1.29, 1.82) is 0 Å². The van der Waals surface area contributed by atoms with Gasteiger partial charge in [0.2, 0.25) is 0 Å². The lowest BCUT2D eigenvalue weighted by Gasteiger charge is -2.18. The minimum atomic E-state index is -0.481. The van der Waals surface area contributed by atoms with Gasteiger partial charge in [-0.15, -0.1) is 0 Å². The summed E-state index contributed by atoms with van der Waals surface area (Å²) in [5.41, 5.74) is 2.16. The molecule has 0 aromatic heterocycles. The first-order chi connectivity index (χ1) is 10.8. The maximum absolute atomic E-state index is 6.06. The van der Waals surface area contributed by atoms with E-state index >= 15 is 0 Å². The second-order valence-electron chi connectivity index (χ2n) is 5.05. The van der Waals surface area contributed by atoms with Crippen molar-refractivity contribution >= 4 is 12.6 Å². The quantitative estimate of drug-likeness (QED) is 0.664. The summed E-state index contributed by atoms with van der Waals surface area (Å²) in [6.07, 6.45) is 0. The van der Waals surface area contributed by atoms with Crippen molar-refractivity contribution in [2.45, 2.75) is 6.92 Å². The van der Waals surface area contributed by atoms with Crippen molar-refractivity contribution in [3.8, 4) is 11.5 Å². The van der Waals surface area contributed by atoms with Crippen LogP contribution in [0.5, 0.6) is 11.5 Å². The topological polar surface area (TPSA) is 18.5 Å². The third-order valence-electron chi connectivity index (χ3n) is 3.42. The van der Waals surface area contributed by atoms with Gasteiger partial charge in [-0.3, -0.25) is 0 Å². The molecule has 0 aliphatic heterocycles. The molecule has 0 heterocycles. The molecule has 3 aromatic carbocycles. The zero-order valence-corrected chi connectivity index (χ0v) is 12.5. The molecule has 3 aromatic rings. The minimum Gasteiger partial charge on any atom is -0.522 e. The van der Waals surface area contributed by atoms with Crippen molar-refractivity contribution in [3.63, 3.8) is 0 Å². The van der Waals surface area contributed by atoms with Crippen molar-refractivity contribution in [1.82, 2.24) is 0 Å². The highest BCUT2D eigenvalue weighted by molar-refractivity contribution is 6.63. The summed E-state index contributed by atoms with van der Waals surface area (Å²) in [7, 11) is -0.481. The molecule has 0 aliphatic rings. The van der Waals surface area contributed by atoms with E-state index in [1.54, 1.807) is 0 Å². The zero-order valence-electron chi connectivity index (χ0n) is 12.5. The normalized spacial score (nSPS) is 10.0. The average molecular weight is 288 g/mol. The Kier molecular flexibility index (Phi) is 4.45. The molecule has 0 unspecified atom stereocenters. The molecule has 0 fully saturated rings. The number of rotatable bonds is 5. The van der Waals surface area contributed by atoms with Gasteiger partial charge in [0.25, 0.3) is 0 Å². The molecule has 3 rings (SSSR count). The van der Waals surface area contributed by atoms with E-state index in [-0.39, 0.29) is 0 Å². The molecule has 0 amide bonds. The lowest BCUT2D eigenvalue weighted by atomic mass is 9.75. The van der Waals surface area contributed by atoms with Gasteiger partial charge in [0, 0.05) is 5.46 Å². The molecule has 2 nitrogen and oxygen atoms in total. The van der Waals surface area contributed by atoms with Gasteiger partial charge in [0.1, 0.15) is 11.5 Å². The predicted molar refractivity (Wildman–Crippen MR) is 90.7 cm³/mol. The number of aryl methyl sites for hydroxylation is 1. The van der Waals surface area contributed by atoms with Crippen LogP contribution in [0, 0.1) is 6.92 Å². The van der Waals surface area contributed by atoms with Crippen LogP contribution >= 0.6 is 0 Å². The first-order valence-electron chi connectivity index (χ1n) is 7.32. The summed E-state index contributed by atoms with van der Waals surface area (Å²) in [5.74, 6) is 1.57. The molecule has 0 aliphatic carbocycles. The molecule has 3 heteroatoms. The van der Waals surface area contributed by atoms with Gasteiger partial charge in [-0.1, -0.05) is 60.7 Å². The van der Waals surface area contributed by atoms with E-state index < -0.39 is 7.12 Å². The van der Waals surface area contributed by atoms with Crippen molar-refractivity contribution in [3.05, 3.63) is 90.5 Å². The average Bonchev–Trinajstić information content (AvgIpc) is 2.57. The highest BCUT2D eigenvalue weighted by Gasteiger charge is 2.27. The molecule has 0 saturated heterocycles. The Morgan fingerprint density at radius 2 is 1.05 bits per heavy atom. The highest BCUT2D eigenvalue weighted by Crippen LogP contribution is 2.15. The maximum Gasteiger partial charge on any atom is 0.632 e. The summed E-state index contributed by atoms with van der Waals surface area (Å²) in [6, 6.07) is 27.6. The Hall–Kier alpha value is -2.68. The lowest BCUT2D eigenvalue weighted by molar-refractivity contribution is 0.439. The number of hydrogen-bond acceptors (Lipinski definition) is 2. The van der Waals surface area contributed by atoms with Gasteiger partial charge in [-0.2, -0.15) is 0 Å². The van der Waals surface area contributed by atoms with E-state index in [4.69, 9.17) is 9.31 Å². The standard InChI is InChI=1S/C19H17BO2/c1-16-10-8-9-15-19(16)20(21-17-11-4-2-5-12-17)22-18-13-6-3-7-14-18/h2-15H,1H3. The summed E-state index contributed by atoms with van der Waals surface area (Å²) in [4.78, 5) is 0. The molecule has 108 valence electrons. The van der Waals surface area contributed by atoms with Gasteiger partial charge in [0.15, 0.2) is 0 Å². The smallest absolute Gasteiger partial charge is 0.522 e. The SMILES string of the molecule is Cc1ccccc1B(Oc1ccccc1)Oc1ccccc1. The third-order valence-corrected chi connectivity index (χ3v) is 3.42. The second kappa shape index (κ2) is 6.86. The molecule has 0 saturated carbocycles. The Balaban J connectivity index is 1.90. The Morgan fingerprint density at radius 3 is 1.55 bits per heavy atom. The van der Waals surface area contributed by atoms with Crippen LogP contribution in [0.3, 0.4) is 0 Å². The Morgan fingerprint density at radius 1 is 0.591 bits per heavy atom. The molecular weight excluding hydrogens is 271 g/mol. The maximum atomic E-state index is 6.06. The third kappa shape index (κ3) is 3.50.